The van der Waals surface area contributed by atoms with Crippen molar-refractivity contribution < 1.29 is 17.9 Å². The largest absolute Gasteiger partial charge is 0.454 e. The maximum atomic E-state index is 12.4. The number of nitrogens with zero attached hydrogens (tertiary/aromatic N) is 4. The number of halogens is 1. The van der Waals surface area contributed by atoms with E-state index in [2.05, 4.69) is 42.3 Å². The Kier molecular flexibility index (Phi) is 6.44. The van der Waals surface area contributed by atoms with Crippen LogP contribution in [0.1, 0.15) is 27.2 Å². The molecule has 1 aliphatic heterocycles. The van der Waals surface area contributed by atoms with Gasteiger partial charge in [0.1, 0.15) is 6.33 Å². The van der Waals surface area contributed by atoms with E-state index in [4.69, 9.17) is 15.2 Å². The normalized spacial score (nSPS) is 13.8. The number of imidazole rings is 1. The van der Waals surface area contributed by atoms with Crippen LogP contribution in [0.5, 0.6) is 11.5 Å². The molecule has 3 N–H and O–H groups in total. The number of ether oxygens (including phenoxy) is 2. The molecule has 172 valence electrons. The quantitative estimate of drug-likeness (QED) is 0.399. The highest BCUT2D eigenvalue weighted by atomic mass is 127. The molecule has 3 heterocycles. The molecule has 1 aromatic carbocycles. The van der Waals surface area contributed by atoms with E-state index in [1.807, 2.05) is 37.5 Å². The van der Waals surface area contributed by atoms with Crippen LogP contribution in [-0.4, -0.2) is 46.0 Å². The Morgan fingerprint density at radius 3 is 2.69 bits per heavy atom. The zero-order valence-corrected chi connectivity index (χ0v) is 21.5. The lowest BCUT2D eigenvalue weighted by atomic mass is 10.1. The van der Waals surface area contributed by atoms with Crippen molar-refractivity contribution >= 4 is 61.4 Å². The highest BCUT2D eigenvalue weighted by Gasteiger charge is 2.22. The summed E-state index contributed by atoms with van der Waals surface area (Å²) >= 11 is 3.66. The first kappa shape index (κ1) is 23.3. The topological polar surface area (TPSA) is 134 Å². The zero-order chi connectivity index (χ0) is 23.1. The summed E-state index contributed by atoms with van der Waals surface area (Å²) in [6.45, 7) is 6.04. The van der Waals surface area contributed by atoms with E-state index < -0.39 is 15.6 Å². The van der Waals surface area contributed by atoms with Crippen LogP contribution < -0.4 is 19.9 Å². The van der Waals surface area contributed by atoms with Gasteiger partial charge in [-0.1, -0.05) is 11.8 Å². The molecule has 13 heteroatoms. The summed E-state index contributed by atoms with van der Waals surface area (Å²) in [6.07, 6.45) is 1.76. The minimum absolute atomic E-state index is 0.0177. The molecule has 2 aromatic heterocycles. The number of fused-ring (bicyclic) bond motifs is 2. The van der Waals surface area contributed by atoms with E-state index >= 15 is 0 Å². The number of sulfonamides is 1. The average molecular weight is 590 g/mol. The second-order valence-corrected chi connectivity index (χ2v) is 12.3. The van der Waals surface area contributed by atoms with E-state index in [0.717, 1.165) is 8.47 Å². The van der Waals surface area contributed by atoms with Crippen molar-refractivity contribution in [2.75, 3.05) is 18.3 Å². The summed E-state index contributed by atoms with van der Waals surface area (Å²) in [4.78, 5) is 14.0. The molecule has 10 nitrogen and oxygen atoms in total. The first-order valence-corrected chi connectivity index (χ1v) is 13.3. The summed E-state index contributed by atoms with van der Waals surface area (Å²) in [6, 6.07) is 3.82. The third kappa shape index (κ3) is 5.21. The molecule has 0 saturated heterocycles. The van der Waals surface area contributed by atoms with Crippen LogP contribution in [0.15, 0.2) is 28.5 Å². The molecule has 0 aliphatic carbocycles. The van der Waals surface area contributed by atoms with Gasteiger partial charge in [0.2, 0.25) is 16.8 Å². The molecule has 0 saturated carbocycles. The Morgan fingerprint density at radius 1 is 1.25 bits per heavy atom. The Morgan fingerprint density at radius 2 is 1.97 bits per heavy atom. The Balaban J connectivity index is 1.62. The van der Waals surface area contributed by atoms with Gasteiger partial charge in [-0.2, -0.15) is 0 Å². The van der Waals surface area contributed by atoms with Gasteiger partial charge in [0.25, 0.3) is 0 Å². The van der Waals surface area contributed by atoms with Gasteiger partial charge in [-0.15, -0.1) is 0 Å². The van der Waals surface area contributed by atoms with Crippen LogP contribution in [0.3, 0.4) is 0 Å². The van der Waals surface area contributed by atoms with Crippen molar-refractivity contribution in [1.82, 2.24) is 24.2 Å². The van der Waals surface area contributed by atoms with Gasteiger partial charge in [0.15, 0.2) is 33.6 Å². The minimum atomic E-state index is -3.42. The van der Waals surface area contributed by atoms with Crippen LogP contribution in [-0.2, 0) is 16.6 Å². The summed E-state index contributed by atoms with van der Waals surface area (Å²) in [5, 5.41) is 0.644. The molecule has 0 bridgehead atoms. The Hall–Kier alpha value is -1.84. The summed E-state index contributed by atoms with van der Waals surface area (Å²) in [5.74, 6) is 1.64. The first-order valence-electron chi connectivity index (χ1n) is 9.78. The maximum absolute atomic E-state index is 12.4. The molecule has 0 unspecified atom stereocenters. The predicted molar refractivity (Wildman–Crippen MR) is 130 cm³/mol. The minimum Gasteiger partial charge on any atom is -0.454 e. The average Bonchev–Trinajstić information content (AvgIpc) is 3.25. The van der Waals surface area contributed by atoms with E-state index in [1.54, 1.807) is 0 Å². The van der Waals surface area contributed by atoms with E-state index in [0.29, 0.717) is 40.8 Å². The second kappa shape index (κ2) is 8.83. The monoisotopic (exact) mass is 590 g/mol. The van der Waals surface area contributed by atoms with E-state index in [1.165, 1.54) is 18.1 Å². The number of nitrogen functional groups attached to an aromatic ring is 1. The van der Waals surface area contributed by atoms with Gasteiger partial charge in [-0.25, -0.2) is 28.1 Å². The number of nitrogens with one attached hydrogen (secondary N) is 1. The lowest BCUT2D eigenvalue weighted by Crippen LogP contribution is -2.41. The van der Waals surface area contributed by atoms with Crippen molar-refractivity contribution in [3.8, 4) is 11.5 Å². The molecule has 0 fully saturated rings. The van der Waals surface area contributed by atoms with Crippen molar-refractivity contribution in [2.45, 2.75) is 49.3 Å². The number of nitrogens with two attached hydrogens (primary N) is 1. The van der Waals surface area contributed by atoms with Crippen LogP contribution >= 0.6 is 34.4 Å². The van der Waals surface area contributed by atoms with Crippen molar-refractivity contribution in [3.63, 3.8) is 0 Å². The SMILES string of the molecule is CC(C)(C)NS(=O)(=O)CCCn1c(Sc2cc3c(cc2I)OCO3)nc2c(N)ncnc21. The molecule has 1 aliphatic rings. The molecule has 0 amide bonds. The molecule has 3 aromatic rings. The lowest BCUT2D eigenvalue weighted by molar-refractivity contribution is 0.174. The smallest absolute Gasteiger partial charge is 0.231 e. The summed E-state index contributed by atoms with van der Waals surface area (Å²) in [7, 11) is -3.42. The number of aryl methyl sites for hydroxylation is 1. The second-order valence-electron chi connectivity index (χ2n) is 8.24. The maximum Gasteiger partial charge on any atom is 0.231 e. The fourth-order valence-electron chi connectivity index (χ4n) is 3.22. The number of hydrogen-bond acceptors (Lipinski definition) is 9. The molecule has 32 heavy (non-hydrogen) atoms. The van der Waals surface area contributed by atoms with Gasteiger partial charge in [-0.3, -0.25) is 0 Å². The van der Waals surface area contributed by atoms with E-state index in [-0.39, 0.29) is 18.4 Å². The highest BCUT2D eigenvalue weighted by molar-refractivity contribution is 14.1. The number of rotatable bonds is 7. The van der Waals surface area contributed by atoms with Gasteiger partial charge >= 0.3 is 0 Å². The number of aromatic nitrogens is 4. The molecular formula is C19H23IN6O4S2. The fourth-order valence-corrected chi connectivity index (χ4v) is 6.48. The molecule has 0 atom stereocenters. The highest BCUT2D eigenvalue weighted by Crippen LogP contribution is 2.41. The third-order valence-corrected chi connectivity index (χ3v) is 8.47. The van der Waals surface area contributed by atoms with Crippen LogP contribution in [0.25, 0.3) is 11.2 Å². The number of anilines is 1. The van der Waals surface area contributed by atoms with Crippen molar-refractivity contribution in [3.05, 3.63) is 22.0 Å². The third-order valence-electron chi connectivity index (χ3n) is 4.41. The number of benzene rings is 1. The Bertz CT molecular complexity index is 1270. The lowest BCUT2D eigenvalue weighted by Gasteiger charge is -2.20. The van der Waals surface area contributed by atoms with Crippen LogP contribution in [0.4, 0.5) is 5.82 Å². The summed E-state index contributed by atoms with van der Waals surface area (Å²) in [5.41, 5.74) is 6.55. The predicted octanol–water partition coefficient (Wildman–Crippen LogP) is 3.00. The molecule has 0 radical (unpaired) electrons. The molecule has 0 spiro atoms. The van der Waals surface area contributed by atoms with Crippen molar-refractivity contribution in [1.29, 1.82) is 0 Å². The van der Waals surface area contributed by atoms with Crippen molar-refractivity contribution in [2.24, 2.45) is 0 Å². The van der Waals surface area contributed by atoms with Gasteiger partial charge in [-0.05, 0) is 61.9 Å². The van der Waals surface area contributed by atoms with Gasteiger partial charge in [0.05, 0.1) is 5.75 Å². The molecule has 4 rings (SSSR count). The fraction of sp³-hybridized carbons (Fsp3) is 0.421. The van der Waals surface area contributed by atoms with Gasteiger partial charge < -0.3 is 19.8 Å². The van der Waals surface area contributed by atoms with E-state index in [9.17, 15) is 8.42 Å². The van der Waals surface area contributed by atoms with Gasteiger partial charge in [0, 0.05) is 20.5 Å². The first-order chi connectivity index (χ1) is 15.0. The number of hydrogen-bond donors (Lipinski definition) is 2. The zero-order valence-electron chi connectivity index (χ0n) is 17.8. The van der Waals surface area contributed by atoms with Crippen LogP contribution in [0.2, 0.25) is 0 Å². The summed E-state index contributed by atoms with van der Waals surface area (Å²) < 4.78 is 41.3. The van der Waals surface area contributed by atoms with Crippen LogP contribution in [0, 0.1) is 3.57 Å². The Labute approximate surface area is 203 Å². The molecular weight excluding hydrogens is 567 g/mol. The standard InChI is InChI=1S/C19H23IN6O4S2/c1-19(2,3)25-32(27,28)6-4-5-26-17-15(16(21)22-9-23-17)24-18(26)31-14-8-13-12(7-11(14)20)29-10-30-13/h7-9,25H,4-6,10H2,1-3H3,(H2,21,22,23).